The van der Waals surface area contributed by atoms with Gasteiger partial charge in [0.1, 0.15) is 0 Å². The van der Waals surface area contributed by atoms with Crippen LogP contribution in [0.1, 0.15) is 11.1 Å². The Labute approximate surface area is 112 Å². The van der Waals surface area contributed by atoms with Gasteiger partial charge in [0.15, 0.2) is 0 Å². The summed E-state index contributed by atoms with van der Waals surface area (Å²) in [5, 5.41) is 9.16. The van der Waals surface area contributed by atoms with Crippen LogP contribution in [0.2, 0.25) is 0 Å². The molecule has 19 heavy (non-hydrogen) atoms. The lowest BCUT2D eigenvalue weighted by atomic mass is 9.94. The topological polar surface area (TPSA) is 50.1 Å². The number of benzene rings is 2. The molecule has 2 aromatic rings. The summed E-state index contributed by atoms with van der Waals surface area (Å²) in [6, 6.07) is 17.1. The third-order valence-corrected chi connectivity index (χ3v) is 2.92. The molecule has 0 aliphatic rings. The largest absolute Gasteiger partial charge is 0.469 e. The molecule has 0 unspecified atom stereocenters. The minimum Gasteiger partial charge on any atom is -0.469 e. The number of ether oxygens (including phenoxy) is 1. The van der Waals surface area contributed by atoms with Gasteiger partial charge in [-0.1, -0.05) is 42.5 Å². The van der Waals surface area contributed by atoms with Crippen LogP contribution in [0, 0.1) is 11.3 Å². The molecule has 0 radical (unpaired) electrons. The van der Waals surface area contributed by atoms with Gasteiger partial charge in [0.2, 0.25) is 0 Å². The minimum atomic E-state index is -0.290. The van der Waals surface area contributed by atoms with Gasteiger partial charge in [-0.2, -0.15) is 5.26 Å². The van der Waals surface area contributed by atoms with E-state index in [1.165, 1.54) is 7.11 Å². The lowest BCUT2D eigenvalue weighted by Gasteiger charge is -2.10. The highest BCUT2D eigenvalue weighted by atomic mass is 16.5. The average Bonchev–Trinajstić information content (AvgIpc) is 2.47. The van der Waals surface area contributed by atoms with Crippen LogP contribution in [0.15, 0.2) is 48.5 Å². The zero-order valence-electron chi connectivity index (χ0n) is 10.6. The molecule has 0 spiro atoms. The Morgan fingerprint density at radius 2 is 1.74 bits per heavy atom. The Morgan fingerprint density at radius 3 is 2.42 bits per heavy atom. The summed E-state index contributed by atoms with van der Waals surface area (Å²) in [5.41, 5.74) is 3.19. The fourth-order valence-corrected chi connectivity index (χ4v) is 1.98. The van der Waals surface area contributed by atoms with E-state index in [1.807, 2.05) is 42.5 Å². The van der Waals surface area contributed by atoms with Crippen LogP contribution < -0.4 is 0 Å². The number of nitriles is 1. The van der Waals surface area contributed by atoms with E-state index in [0.29, 0.717) is 5.56 Å². The molecule has 2 rings (SSSR count). The minimum absolute atomic E-state index is 0.201. The van der Waals surface area contributed by atoms with Crippen molar-refractivity contribution in [3.05, 3.63) is 59.7 Å². The number of carbonyl (C=O) groups excluding carboxylic acids is 1. The van der Waals surface area contributed by atoms with Crippen molar-refractivity contribution in [1.82, 2.24) is 0 Å². The van der Waals surface area contributed by atoms with Crippen LogP contribution in [-0.4, -0.2) is 13.1 Å². The number of methoxy groups -OCH3 is 1. The lowest BCUT2D eigenvalue weighted by molar-refractivity contribution is -0.139. The number of nitrogens with zero attached hydrogens (tertiary/aromatic N) is 1. The highest BCUT2D eigenvalue weighted by Gasteiger charge is 2.11. The van der Waals surface area contributed by atoms with Gasteiger partial charge in [0.25, 0.3) is 0 Å². The molecule has 0 N–H and O–H groups in total. The van der Waals surface area contributed by atoms with Crippen LogP contribution in [-0.2, 0) is 16.0 Å². The summed E-state index contributed by atoms with van der Waals surface area (Å²) >= 11 is 0. The third kappa shape index (κ3) is 2.80. The van der Waals surface area contributed by atoms with E-state index in [0.717, 1.165) is 16.7 Å². The van der Waals surface area contributed by atoms with Gasteiger partial charge in [-0.3, -0.25) is 4.79 Å². The van der Waals surface area contributed by atoms with E-state index < -0.39 is 0 Å². The monoisotopic (exact) mass is 251 g/mol. The van der Waals surface area contributed by atoms with E-state index >= 15 is 0 Å². The summed E-state index contributed by atoms with van der Waals surface area (Å²) in [6.07, 6.45) is 0.201. The summed E-state index contributed by atoms with van der Waals surface area (Å²) in [7, 11) is 1.37. The number of hydrogen-bond acceptors (Lipinski definition) is 3. The maximum Gasteiger partial charge on any atom is 0.309 e. The first-order valence-corrected chi connectivity index (χ1v) is 5.90. The van der Waals surface area contributed by atoms with E-state index in [4.69, 9.17) is 10.00 Å². The maximum absolute atomic E-state index is 11.4. The van der Waals surface area contributed by atoms with E-state index in [1.54, 1.807) is 6.07 Å². The summed E-state index contributed by atoms with van der Waals surface area (Å²) < 4.78 is 4.70. The Kier molecular flexibility index (Phi) is 3.94. The van der Waals surface area contributed by atoms with Gasteiger partial charge in [0, 0.05) is 0 Å². The van der Waals surface area contributed by atoms with E-state index in [-0.39, 0.29) is 12.4 Å². The molecule has 94 valence electrons. The predicted octanol–water partition coefficient (Wildman–Crippen LogP) is 2.94. The van der Waals surface area contributed by atoms with Gasteiger partial charge in [-0.15, -0.1) is 0 Å². The first kappa shape index (κ1) is 12.8. The van der Waals surface area contributed by atoms with E-state index in [9.17, 15) is 4.79 Å². The van der Waals surface area contributed by atoms with Crippen molar-refractivity contribution in [3.63, 3.8) is 0 Å². The highest BCUT2D eigenvalue weighted by Crippen LogP contribution is 2.27. The Morgan fingerprint density at radius 1 is 1.11 bits per heavy atom. The highest BCUT2D eigenvalue weighted by molar-refractivity contribution is 5.79. The normalized spacial score (nSPS) is 9.68. The van der Waals surface area contributed by atoms with Gasteiger partial charge >= 0.3 is 5.97 Å². The van der Waals surface area contributed by atoms with Crippen molar-refractivity contribution in [2.24, 2.45) is 0 Å². The first-order chi connectivity index (χ1) is 9.26. The number of carbonyl (C=O) groups is 1. The smallest absolute Gasteiger partial charge is 0.309 e. The second kappa shape index (κ2) is 5.83. The Balaban J connectivity index is 2.51. The molecule has 2 aromatic carbocycles. The van der Waals surface area contributed by atoms with Gasteiger partial charge in [-0.05, 0) is 22.8 Å². The van der Waals surface area contributed by atoms with Gasteiger partial charge < -0.3 is 4.74 Å². The molecule has 0 aliphatic carbocycles. The van der Waals surface area contributed by atoms with Crippen molar-refractivity contribution in [2.75, 3.05) is 7.11 Å². The van der Waals surface area contributed by atoms with Gasteiger partial charge in [-0.25, -0.2) is 0 Å². The van der Waals surface area contributed by atoms with Gasteiger partial charge in [0.05, 0.1) is 25.2 Å². The molecule has 0 aromatic heterocycles. The van der Waals surface area contributed by atoms with Crippen LogP contribution in [0.3, 0.4) is 0 Å². The second-order valence-corrected chi connectivity index (χ2v) is 4.07. The van der Waals surface area contributed by atoms with Crippen molar-refractivity contribution in [2.45, 2.75) is 6.42 Å². The fourth-order valence-electron chi connectivity index (χ4n) is 1.98. The SMILES string of the molecule is COC(=O)Cc1ccccc1-c1ccccc1C#N. The zero-order valence-corrected chi connectivity index (χ0v) is 10.6. The van der Waals surface area contributed by atoms with Crippen molar-refractivity contribution >= 4 is 5.97 Å². The molecule has 3 nitrogen and oxygen atoms in total. The Hall–Kier alpha value is -2.60. The quantitative estimate of drug-likeness (QED) is 0.788. The van der Waals surface area contributed by atoms with Crippen LogP contribution >= 0.6 is 0 Å². The second-order valence-electron chi connectivity index (χ2n) is 4.07. The summed E-state index contributed by atoms with van der Waals surface area (Å²) in [4.78, 5) is 11.4. The summed E-state index contributed by atoms with van der Waals surface area (Å²) in [6.45, 7) is 0. The molecule has 0 saturated carbocycles. The van der Waals surface area contributed by atoms with Crippen LogP contribution in [0.25, 0.3) is 11.1 Å². The lowest BCUT2D eigenvalue weighted by Crippen LogP contribution is -2.05. The molecule has 0 amide bonds. The number of rotatable bonds is 3. The Bertz CT molecular complexity index is 641. The molecule has 0 bridgehead atoms. The zero-order chi connectivity index (χ0) is 13.7. The van der Waals surface area contributed by atoms with E-state index in [2.05, 4.69) is 6.07 Å². The van der Waals surface area contributed by atoms with Crippen LogP contribution in [0.4, 0.5) is 0 Å². The average molecular weight is 251 g/mol. The molecule has 0 saturated heterocycles. The molecular weight excluding hydrogens is 238 g/mol. The van der Waals surface area contributed by atoms with Crippen molar-refractivity contribution in [3.8, 4) is 17.2 Å². The molecule has 0 atom stereocenters. The molecular formula is C16H13NO2. The molecule has 3 heteroatoms. The molecule has 0 fully saturated rings. The van der Waals surface area contributed by atoms with Crippen molar-refractivity contribution < 1.29 is 9.53 Å². The maximum atomic E-state index is 11.4. The number of esters is 1. The fraction of sp³-hybridized carbons (Fsp3) is 0.125. The third-order valence-electron chi connectivity index (χ3n) is 2.92. The predicted molar refractivity (Wildman–Crippen MR) is 72.3 cm³/mol. The molecule has 0 heterocycles. The standard InChI is InChI=1S/C16H13NO2/c1-19-16(18)10-12-6-2-4-8-14(12)15-9-5-3-7-13(15)11-17/h2-9H,10H2,1H3. The summed E-state index contributed by atoms with van der Waals surface area (Å²) in [5.74, 6) is -0.290. The van der Waals surface area contributed by atoms with Crippen molar-refractivity contribution in [1.29, 1.82) is 5.26 Å². The van der Waals surface area contributed by atoms with Crippen LogP contribution in [0.5, 0.6) is 0 Å². The first-order valence-electron chi connectivity index (χ1n) is 5.90. The molecule has 0 aliphatic heterocycles. The number of hydrogen-bond donors (Lipinski definition) is 0.